The van der Waals surface area contributed by atoms with Gasteiger partial charge in [0.15, 0.2) is 0 Å². The molecular formula is C20H24N4O2. The second-order valence-electron chi connectivity index (χ2n) is 6.82. The zero-order valence-corrected chi connectivity index (χ0v) is 15.2. The van der Waals surface area contributed by atoms with Gasteiger partial charge in [-0.2, -0.15) is 10.2 Å². The van der Waals surface area contributed by atoms with E-state index >= 15 is 0 Å². The average molecular weight is 352 g/mol. The number of nitrogens with one attached hydrogen (secondary N) is 2. The van der Waals surface area contributed by atoms with E-state index in [9.17, 15) is 9.59 Å². The van der Waals surface area contributed by atoms with Crippen molar-refractivity contribution < 1.29 is 9.59 Å². The number of rotatable bonds is 4. The van der Waals surface area contributed by atoms with Crippen LogP contribution in [-0.4, -0.2) is 34.6 Å². The molecule has 0 unspecified atom stereocenters. The molecule has 1 heterocycles. The third kappa shape index (κ3) is 3.74. The highest BCUT2D eigenvalue weighted by Gasteiger charge is 2.40. The van der Waals surface area contributed by atoms with Crippen molar-refractivity contribution in [3.63, 3.8) is 0 Å². The Morgan fingerprint density at radius 1 is 1.04 bits per heavy atom. The van der Waals surface area contributed by atoms with E-state index in [0.29, 0.717) is 24.1 Å². The van der Waals surface area contributed by atoms with E-state index < -0.39 is 5.54 Å². The minimum atomic E-state index is -0.816. The molecule has 0 bridgehead atoms. The molecular weight excluding hydrogens is 328 g/mol. The lowest BCUT2D eigenvalue weighted by Gasteiger charge is -2.36. The van der Waals surface area contributed by atoms with Crippen LogP contribution in [0.25, 0.3) is 11.3 Å². The molecule has 1 aromatic heterocycles. The van der Waals surface area contributed by atoms with Crippen LogP contribution in [0.1, 0.15) is 48.2 Å². The summed E-state index contributed by atoms with van der Waals surface area (Å²) >= 11 is 0. The maximum absolute atomic E-state index is 12.8. The standard InChI is InChI=1S/C20H24N4O2/c1-14-9-10-17(24-23-14)15-7-6-8-16(13-15)18(25)22-20(19(26)21-2)11-4-3-5-12-20/h6-10,13H,3-5,11-12H2,1-2H3,(H,21,26)(H,22,25). The first-order valence-corrected chi connectivity index (χ1v) is 8.99. The van der Waals surface area contributed by atoms with Gasteiger partial charge in [-0.3, -0.25) is 9.59 Å². The fourth-order valence-corrected chi connectivity index (χ4v) is 3.47. The molecule has 2 amide bonds. The molecule has 1 aliphatic carbocycles. The van der Waals surface area contributed by atoms with Crippen molar-refractivity contribution in [2.45, 2.75) is 44.6 Å². The summed E-state index contributed by atoms with van der Waals surface area (Å²) in [5.41, 5.74) is 2.07. The summed E-state index contributed by atoms with van der Waals surface area (Å²) in [6.45, 7) is 1.88. The fraction of sp³-hybridized carbons (Fsp3) is 0.400. The first kappa shape index (κ1) is 18.0. The molecule has 1 aromatic carbocycles. The second-order valence-corrected chi connectivity index (χ2v) is 6.82. The van der Waals surface area contributed by atoms with Crippen LogP contribution in [0.3, 0.4) is 0 Å². The molecule has 1 saturated carbocycles. The van der Waals surface area contributed by atoms with Crippen LogP contribution in [0.5, 0.6) is 0 Å². The summed E-state index contributed by atoms with van der Waals surface area (Å²) < 4.78 is 0. The topological polar surface area (TPSA) is 84.0 Å². The van der Waals surface area contributed by atoms with Gasteiger partial charge in [-0.25, -0.2) is 0 Å². The van der Waals surface area contributed by atoms with E-state index in [2.05, 4.69) is 20.8 Å². The van der Waals surface area contributed by atoms with Gasteiger partial charge in [-0.1, -0.05) is 31.4 Å². The lowest BCUT2D eigenvalue weighted by atomic mass is 9.80. The van der Waals surface area contributed by atoms with Crippen LogP contribution in [0.15, 0.2) is 36.4 Å². The normalized spacial score (nSPS) is 15.9. The van der Waals surface area contributed by atoms with Gasteiger partial charge in [0, 0.05) is 18.2 Å². The van der Waals surface area contributed by atoms with Gasteiger partial charge in [0.05, 0.1) is 11.4 Å². The highest BCUT2D eigenvalue weighted by atomic mass is 16.2. The van der Waals surface area contributed by atoms with Gasteiger partial charge in [0.1, 0.15) is 5.54 Å². The predicted molar refractivity (Wildman–Crippen MR) is 99.6 cm³/mol. The molecule has 6 heteroatoms. The number of carbonyl (C=O) groups excluding carboxylic acids is 2. The second kappa shape index (κ2) is 7.64. The van der Waals surface area contributed by atoms with Crippen molar-refractivity contribution >= 4 is 11.8 Å². The SMILES string of the molecule is CNC(=O)C1(NC(=O)c2cccc(-c3ccc(C)nn3)c2)CCCCC1. The number of benzene rings is 1. The molecule has 0 spiro atoms. The summed E-state index contributed by atoms with van der Waals surface area (Å²) in [5.74, 6) is -0.358. The number of nitrogens with zero attached hydrogens (tertiary/aromatic N) is 2. The number of carbonyl (C=O) groups is 2. The number of hydrogen-bond acceptors (Lipinski definition) is 4. The number of hydrogen-bond donors (Lipinski definition) is 2. The monoisotopic (exact) mass is 352 g/mol. The molecule has 0 aliphatic heterocycles. The largest absolute Gasteiger partial charge is 0.357 e. The van der Waals surface area contributed by atoms with Crippen molar-refractivity contribution in [1.29, 1.82) is 0 Å². The molecule has 0 atom stereocenters. The molecule has 136 valence electrons. The third-order valence-electron chi connectivity index (χ3n) is 4.94. The highest BCUT2D eigenvalue weighted by molar-refractivity contribution is 6.00. The number of aromatic nitrogens is 2. The molecule has 6 nitrogen and oxygen atoms in total. The Morgan fingerprint density at radius 3 is 2.46 bits per heavy atom. The van der Waals surface area contributed by atoms with Crippen molar-refractivity contribution in [1.82, 2.24) is 20.8 Å². The molecule has 1 fully saturated rings. The minimum Gasteiger partial charge on any atom is -0.357 e. The highest BCUT2D eigenvalue weighted by Crippen LogP contribution is 2.29. The van der Waals surface area contributed by atoms with Gasteiger partial charge in [0.2, 0.25) is 5.91 Å². The van der Waals surface area contributed by atoms with Crippen LogP contribution < -0.4 is 10.6 Å². The zero-order chi connectivity index (χ0) is 18.6. The smallest absolute Gasteiger partial charge is 0.252 e. The van der Waals surface area contributed by atoms with Crippen LogP contribution in [0, 0.1) is 6.92 Å². The molecule has 3 rings (SSSR count). The van der Waals surface area contributed by atoms with Crippen molar-refractivity contribution in [3.8, 4) is 11.3 Å². The van der Waals surface area contributed by atoms with Crippen LogP contribution in [0.4, 0.5) is 0 Å². The Balaban J connectivity index is 1.84. The summed E-state index contributed by atoms with van der Waals surface area (Å²) in [6.07, 6.45) is 4.30. The van der Waals surface area contributed by atoms with Crippen LogP contribution in [-0.2, 0) is 4.79 Å². The van der Waals surface area contributed by atoms with E-state index in [1.54, 1.807) is 19.2 Å². The number of aryl methyl sites for hydroxylation is 1. The van der Waals surface area contributed by atoms with Gasteiger partial charge < -0.3 is 10.6 Å². The van der Waals surface area contributed by atoms with E-state index in [1.807, 2.05) is 31.2 Å². The molecule has 0 saturated heterocycles. The Bertz CT molecular complexity index is 796. The summed E-state index contributed by atoms with van der Waals surface area (Å²) in [5, 5.41) is 13.9. The molecule has 2 N–H and O–H groups in total. The zero-order valence-electron chi connectivity index (χ0n) is 15.2. The Kier molecular flexibility index (Phi) is 5.30. The summed E-state index contributed by atoms with van der Waals surface area (Å²) in [7, 11) is 1.61. The predicted octanol–water partition coefficient (Wildman–Crippen LogP) is 2.63. The van der Waals surface area contributed by atoms with Gasteiger partial charge in [0.25, 0.3) is 5.91 Å². The maximum Gasteiger partial charge on any atom is 0.252 e. The molecule has 1 aliphatic rings. The molecule has 0 radical (unpaired) electrons. The first-order valence-electron chi connectivity index (χ1n) is 8.99. The van der Waals surface area contributed by atoms with Gasteiger partial charge in [-0.15, -0.1) is 0 Å². The fourth-order valence-electron chi connectivity index (χ4n) is 3.47. The summed E-state index contributed by atoms with van der Waals surface area (Å²) in [6, 6.07) is 11.0. The van der Waals surface area contributed by atoms with Crippen molar-refractivity contribution in [2.24, 2.45) is 0 Å². The van der Waals surface area contributed by atoms with Gasteiger partial charge >= 0.3 is 0 Å². The van der Waals surface area contributed by atoms with E-state index in [0.717, 1.165) is 30.5 Å². The Hall–Kier alpha value is -2.76. The Labute approximate surface area is 153 Å². The average Bonchev–Trinajstić information content (AvgIpc) is 2.68. The van der Waals surface area contributed by atoms with Crippen molar-refractivity contribution in [2.75, 3.05) is 7.05 Å². The van der Waals surface area contributed by atoms with E-state index in [4.69, 9.17) is 0 Å². The molecule has 2 aromatic rings. The number of likely N-dealkylation sites (N-methyl/N-ethyl adjacent to an activating group) is 1. The maximum atomic E-state index is 12.8. The van der Waals surface area contributed by atoms with Crippen LogP contribution in [0.2, 0.25) is 0 Å². The summed E-state index contributed by atoms with van der Waals surface area (Å²) in [4.78, 5) is 25.3. The van der Waals surface area contributed by atoms with E-state index in [1.165, 1.54) is 0 Å². The first-order chi connectivity index (χ1) is 12.5. The number of amides is 2. The van der Waals surface area contributed by atoms with E-state index in [-0.39, 0.29) is 11.8 Å². The minimum absolute atomic E-state index is 0.119. The van der Waals surface area contributed by atoms with Gasteiger partial charge in [-0.05, 0) is 44.0 Å². The Morgan fingerprint density at radius 2 is 1.81 bits per heavy atom. The lowest BCUT2D eigenvalue weighted by Crippen LogP contribution is -2.59. The third-order valence-corrected chi connectivity index (χ3v) is 4.94. The molecule has 26 heavy (non-hydrogen) atoms. The lowest BCUT2D eigenvalue weighted by molar-refractivity contribution is -0.128. The van der Waals surface area contributed by atoms with Crippen LogP contribution >= 0.6 is 0 Å². The quantitative estimate of drug-likeness (QED) is 0.886. The van der Waals surface area contributed by atoms with Crippen molar-refractivity contribution in [3.05, 3.63) is 47.7 Å².